The van der Waals surface area contributed by atoms with Gasteiger partial charge in [-0.3, -0.25) is 4.57 Å². The molecule has 2 aromatic rings. The minimum absolute atomic E-state index is 0.0346. The van der Waals surface area contributed by atoms with Crippen LogP contribution >= 0.6 is 0 Å². The van der Waals surface area contributed by atoms with E-state index >= 15 is 0 Å². The standard InChI is InChI=1S/C10H7N5O2/c1-6-7(9(16)17)5-13-10(14-6)15-3-2-12-8(15)4-11/h2-3,5H,1H3,(H,16,17). The predicted octanol–water partition coefficient (Wildman–Crippen LogP) is 0.541. The van der Waals surface area contributed by atoms with Gasteiger partial charge in [0.1, 0.15) is 6.07 Å². The van der Waals surface area contributed by atoms with E-state index in [9.17, 15) is 4.79 Å². The summed E-state index contributed by atoms with van der Waals surface area (Å²) < 4.78 is 1.39. The Morgan fingerprint density at radius 1 is 1.53 bits per heavy atom. The number of hydrogen-bond acceptors (Lipinski definition) is 5. The van der Waals surface area contributed by atoms with Crippen molar-refractivity contribution < 1.29 is 9.90 Å². The second kappa shape index (κ2) is 4.02. The average Bonchev–Trinajstić information content (AvgIpc) is 2.76. The van der Waals surface area contributed by atoms with E-state index in [0.29, 0.717) is 5.69 Å². The van der Waals surface area contributed by atoms with Gasteiger partial charge >= 0.3 is 5.97 Å². The van der Waals surface area contributed by atoms with Crippen LogP contribution in [-0.4, -0.2) is 30.6 Å². The number of aryl methyl sites for hydroxylation is 1. The average molecular weight is 229 g/mol. The van der Waals surface area contributed by atoms with E-state index in [1.54, 1.807) is 6.92 Å². The minimum Gasteiger partial charge on any atom is -0.478 e. The Balaban J connectivity index is 2.53. The van der Waals surface area contributed by atoms with Crippen LogP contribution in [-0.2, 0) is 0 Å². The molecule has 0 bridgehead atoms. The molecule has 0 saturated heterocycles. The highest BCUT2D eigenvalue weighted by Crippen LogP contribution is 2.08. The van der Waals surface area contributed by atoms with Crippen LogP contribution in [0.3, 0.4) is 0 Å². The summed E-state index contributed by atoms with van der Waals surface area (Å²) in [6.07, 6.45) is 4.19. The number of hydrogen-bond donors (Lipinski definition) is 1. The maximum Gasteiger partial charge on any atom is 0.339 e. The first-order chi connectivity index (χ1) is 8.13. The molecule has 0 aliphatic rings. The number of nitrogens with zero attached hydrogens (tertiary/aromatic N) is 5. The van der Waals surface area contributed by atoms with Gasteiger partial charge in [-0.05, 0) is 6.92 Å². The molecule has 0 aliphatic heterocycles. The lowest BCUT2D eigenvalue weighted by atomic mass is 10.2. The van der Waals surface area contributed by atoms with Gasteiger partial charge in [-0.1, -0.05) is 0 Å². The van der Waals surface area contributed by atoms with Crippen molar-refractivity contribution in [2.75, 3.05) is 0 Å². The third-order valence-corrected chi connectivity index (χ3v) is 2.15. The molecule has 7 heteroatoms. The molecule has 0 atom stereocenters. The molecule has 0 amide bonds. The quantitative estimate of drug-likeness (QED) is 0.805. The SMILES string of the molecule is Cc1nc(-n2ccnc2C#N)ncc1C(=O)O. The molecular weight excluding hydrogens is 222 g/mol. The maximum atomic E-state index is 10.8. The Labute approximate surface area is 96.0 Å². The van der Waals surface area contributed by atoms with Gasteiger partial charge in [0.2, 0.25) is 11.8 Å². The number of aromatic carboxylic acids is 1. The van der Waals surface area contributed by atoms with Crippen molar-refractivity contribution in [1.82, 2.24) is 19.5 Å². The molecule has 0 aromatic carbocycles. The number of aromatic nitrogens is 4. The molecule has 0 spiro atoms. The van der Waals surface area contributed by atoms with E-state index in [1.807, 2.05) is 6.07 Å². The zero-order valence-electron chi connectivity index (χ0n) is 8.82. The zero-order chi connectivity index (χ0) is 12.4. The van der Waals surface area contributed by atoms with Crippen LogP contribution < -0.4 is 0 Å². The third-order valence-electron chi connectivity index (χ3n) is 2.15. The first-order valence-corrected chi connectivity index (χ1v) is 4.64. The van der Waals surface area contributed by atoms with Gasteiger partial charge in [0.15, 0.2) is 0 Å². The van der Waals surface area contributed by atoms with Gasteiger partial charge in [-0.25, -0.2) is 19.7 Å². The monoisotopic (exact) mass is 229 g/mol. The largest absolute Gasteiger partial charge is 0.478 e. The Hall–Kier alpha value is -2.75. The lowest BCUT2D eigenvalue weighted by Crippen LogP contribution is -2.08. The number of nitriles is 1. The summed E-state index contributed by atoms with van der Waals surface area (Å²) in [7, 11) is 0. The first kappa shape index (κ1) is 10.8. The maximum absolute atomic E-state index is 10.8. The van der Waals surface area contributed by atoms with E-state index in [4.69, 9.17) is 10.4 Å². The van der Waals surface area contributed by atoms with E-state index in [1.165, 1.54) is 23.2 Å². The molecule has 2 heterocycles. The summed E-state index contributed by atoms with van der Waals surface area (Å²) in [6.45, 7) is 1.57. The topological polar surface area (TPSA) is 105 Å². The predicted molar refractivity (Wildman–Crippen MR) is 55.6 cm³/mol. The number of carbonyl (C=O) groups is 1. The molecule has 7 nitrogen and oxygen atoms in total. The van der Waals surface area contributed by atoms with Gasteiger partial charge in [-0.15, -0.1) is 0 Å². The summed E-state index contributed by atoms with van der Waals surface area (Å²) in [5, 5.41) is 17.6. The summed E-state index contributed by atoms with van der Waals surface area (Å²) >= 11 is 0. The number of imidazole rings is 1. The van der Waals surface area contributed by atoms with Crippen LogP contribution in [0.25, 0.3) is 5.95 Å². The molecule has 2 rings (SSSR count). The fraction of sp³-hybridized carbons (Fsp3) is 0.100. The molecule has 0 aliphatic carbocycles. The molecule has 1 N–H and O–H groups in total. The van der Waals surface area contributed by atoms with Gasteiger partial charge in [0.25, 0.3) is 0 Å². The summed E-state index contributed by atoms with van der Waals surface area (Å²) in [5.41, 5.74) is 0.368. The Bertz CT molecular complexity index is 626. The van der Waals surface area contributed by atoms with Crippen molar-refractivity contribution in [3.05, 3.63) is 35.7 Å². The molecule has 0 radical (unpaired) electrons. The lowest BCUT2D eigenvalue weighted by molar-refractivity contribution is 0.0695. The second-order valence-electron chi connectivity index (χ2n) is 3.21. The molecular formula is C10H7N5O2. The van der Waals surface area contributed by atoms with E-state index in [-0.39, 0.29) is 17.3 Å². The van der Waals surface area contributed by atoms with Crippen LogP contribution in [0.5, 0.6) is 0 Å². The van der Waals surface area contributed by atoms with E-state index in [0.717, 1.165) is 0 Å². The van der Waals surface area contributed by atoms with Crippen molar-refractivity contribution >= 4 is 5.97 Å². The fourth-order valence-corrected chi connectivity index (χ4v) is 1.33. The van der Waals surface area contributed by atoms with Gasteiger partial charge in [0.05, 0.1) is 11.3 Å². The second-order valence-corrected chi connectivity index (χ2v) is 3.21. The molecule has 0 saturated carbocycles. The Morgan fingerprint density at radius 2 is 2.29 bits per heavy atom. The van der Waals surface area contributed by atoms with Crippen LogP contribution in [0, 0.1) is 18.3 Å². The summed E-state index contributed by atoms with van der Waals surface area (Å²) in [4.78, 5) is 22.5. The highest BCUT2D eigenvalue weighted by molar-refractivity contribution is 5.88. The normalized spacial score (nSPS) is 9.88. The zero-order valence-corrected chi connectivity index (χ0v) is 8.82. The molecule has 17 heavy (non-hydrogen) atoms. The van der Waals surface area contributed by atoms with Crippen LogP contribution in [0.15, 0.2) is 18.6 Å². The van der Waals surface area contributed by atoms with Crippen LogP contribution in [0.1, 0.15) is 21.9 Å². The fourth-order valence-electron chi connectivity index (χ4n) is 1.33. The van der Waals surface area contributed by atoms with Crippen LogP contribution in [0.4, 0.5) is 0 Å². The highest BCUT2D eigenvalue weighted by Gasteiger charge is 2.12. The highest BCUT2D eigenvalue weighted by atomic mass is 16.4. The summed E-state index contributed by atoms with van der Waals surface area (Å²) in [6, 6.07) is 1.89. The van der Waals surface area contributed by atoms with Crippen LogP contribution in [0.2, 0.25) is 0 Å². The number of carboxylic acids is 1. The van der Waals surface area contributed by atoms with Crippen molar-refractivity contribution in [2.45, 2.75) is 6.92 Å². The van der Waals surface area contributed by atoms with Gasteiger partial charge in [0, 0.05) is 18.6 Å². The van der Waals surface area contributed by atoms with Crippen molar-refractivity contribution in [2.24, 2.45) is 0 Å². The van der Waals surface area contributed by atoms with Crippen molar-refractivity contribution in [3.8, 4) is 12.0 Å². The minimum atomic E-state index is -1.08. The first-order valence-electron chi connectivity index (χ1n) is 4.64. The molecule has 84 valence electrons. The lowest BCUT2D eigenvalue weighted by Gasteiger charge is -2.04. The third kappa shape index (κ3) is 1.83. The molecule has 0 fully saturated rings. The molecule has 2 aromatic heterocycles. The van der Waals surface area contributed by atoms with Crippen molar-refractivity contribution in [1.29, 1.82) is 5.26 Å². The van der Waals surface area contributed by atoms with E-state index in [2.05, 4.69) is 15.0 Å². The number of carboxylic acid groups (broad SMARTS) is 1. The smallest absolute Gasteiger partial charge is 0.339 e. The summed E-state index contributed by atoms with van der Waals surface area (Å²) in [5.74, 6) is -0.714. The van der Waals surface area contributed by atoms with E-state index < -0.39 is 5.97 Å². The molecule has 0 unspecified atom stereocenters. The Morgan fingerprint density at radius 3 is 2.88 bits per heavy atom. The van der Waals surface area contributed by atoms with Crippen molar-refractivity contribution in [3.63, 3.8) is 0 Å². The van der Waals surface area contributed by atoms with Gasteiger partial charge in [-0.2, -0.15) is 5.26 Å². The Kier molecular flexibility index (Phi) is 2.54. The van der Waals surface area contributed by atoms with Gasteiger partial charge < -0.3 is 5.11 Å². The number of rotatable bonds is 2.